The van der Waals surface area contributed by atoms with Gasteiger partial charge in [-0.2, -0.15) is 5.26 Å². The summed E-state index contributed by atoms with van der Waals surface area (Å²) >= 11 is 1.39. The van der Waals surface area contributed by atoms with Crippen molar-refractivity contribution >= 4 is 11.8 Å². The zero-order chi connectivity index (χ0) is 13.1. The summed E-state index contributed by atoms with van der Waals surface area (Å²) in [6, 6.07) is 6.34. The molecule has 92 valence electrons. The maximum atomic E-state index is 13.5. The minimum atomic E-state index is -0.305. The van der Waals surface area contributed by atoms with Crippen molar-refractivity contribution in [2.45, 2.75) is 17.8 Å². The zero-order valence-electron chi connectivity index (χ0n) is 10.0. The molecule has 1 heterocycles. The summed E-state index contributed by atoms with van der Waals surface area (Å²) in [5.74, 6) is 0.928. The van der Waals surface area contributed by atoms with Crippen molar-refractivity contribution in [3.05, 3.63) is 41.0 Å². The first-order valence-electron chi connectivity index (χ1n) is 5.29. The summed E-state index contributed by atoms with van der Waals surface area (Å²) in [5.41, 5.74) is 0.959. The Bertz CT molecular complexity index is 615. The zero-order valence-corrected chi connectivity index (χ0v) is 10.8. The van der Waals surface area contributed by atoms with Crippen molar-refractivity contribution in [3.8, 4) is 6.07 Å². The Morgan fingerprint density at radius 1 is 1.44 bits per heavy atom. The number of nitrogens with zero attached hydrogens (tertiary/aromatic N) is 4. The van der Waals surface area contributed by atoms with Gasteiger partial charge in [0.1, 0.15) is 11.6 Å². The normalized spacial score (nSPS) is 10.3. The van der Waals surface area contributed by atoms with Crippen LogP contribution in [-0.2, 0) is 12.8 Å². The van der Waals surface area contributed by atoms with Crippen LogP contribution < -0.4 is 0 Å². The number of halogens is 1. The van der Waals surface area contributed by atoms with Gasteiger partial charge in [-0.1, -0.05) is 11.8 Å². The predicted octanol–water partition coefficient (Wildman–Crippen LogP) is 2.43. The van der Waals surface area contributed by atoms with E-state index in [0.717, 1.165) is 11.0 Å². The summed E-state index contributed by atoms with van der Waals surface area (Å²) in [6.07, 6.45) is 0. The number of rotatable bonds is 3. The molecule has 0 radical (unpaired) electrons. The number of benzene rings is 1. The molecule has 0 amide bonds. The van der Waals surface area contributed by atoms with Crippen molar-refractivity contribution in [1.82, 2.24) is 14.8 Å². The Morgan fingerprint density at radius 3 is 2.83 bits per heavy atom. The Labute approximate surface area is 108 Å². The number of hydrogen-bond donors (Lipinski definition) is 0. The van der Waals surface area contributed by atoms with Crippen LogP contribution in [0.2, 0.25) is 0 Å². The molecule has 0 atom stereocenters. The maximum Gasteiger partial charge on any atom is 0.191 e. The van der Waals surface area contributed by atoms with E-state index in [1.165, 1.54) is 23.9 Å². The lowest BCUT2D eigenvalue weighted by Crippen LogP contribution is -1.95. The molecule has 1 aromatic carbocycles. The molecule has 6 heteroatoms. The minimum absolute atomic E-state index is 0.305. The predicted molar refractivity (Wildman–Crippen MR) is 66.4 cm³/mol. The first-order chi connectivity index (χ1) is 8.61. The second kappa shape index (κ2) is 5.19. The van der Waals surface area contributed by atoms with Crippen molar-refractivity contribution < 1.29 is 4.39 Å². The van der Waals surface area contributed by atoms with Crippen molar-refractivity contribution in [2.24, 2.45) is 7.05 Å². The van der Waals surface area contributed by atoms with E-state index in [-0.39, 0.29) is 5.82 Å². The van der Waals surface area contributed by atoms with Gasteiger partial charge >= 0.3 is 0 Å². The fraction of sp³-hybridized carbons (Fsp3) is 0.250. The molecule has 2 aromatic rings. The summed E-state index contributed by atoms with van der Waals surface area (Å²) in [4.78, 5) is 0. The van der Waals surface area contributed by atoms with Crippen LogP contribution in [0.3, 0.4) is 0 Å². The third-order valence-electron chi connectivity index (χ3n) is 2.58. The number of thioether (sulfide) groups is 1. The molecule has 0 spiro atoms. The molecule has 0 aliphatic carbocycles. The van der Waals surface area contributed by atoms with Crippen LogP contribution >= 0.6 is 11.8 Å². The lowest BCUT2D eigenvalue weighted by molar-refractivity contribution is 0.617. The third-order valence-corrected chi connectivity index (χ3v) is 3.65. The van der Waals surface area contributed by atoms with Gasteiger partial charge in [0.25, 0.3) is 0 Å². The standard InChI is InChI=1S/C12H11FN4S/c1-8-15-16-12(17(8)2)18-7-10-5-9(6-14)3-4-11(10)13/h3-5H,7H2,1-2H3. The molecular formula is C12H11FN4S. The summed E-state index contributed by atoms with van der Waals surface area (Å²) in [6.45, 7) is 1.86. The Kier molecular flexibility index (Phi) is 3.63. The van der Waals surface area contributed by atoms with Crippen LogP contribution in [0.4, 0.5) is 4.39 Å². The number of aromatic nitrogens is 3. The van der Waals surface area contributed by atoms with Crippen molar-refractivity contribution in [3.63, 3.8) is 0 Å². The molecule has 0 saturated heterocycles. The fourth-order valence-electron chi connectivity index (χ4n) is 1.41. The molecule has 0 bridgehead atoms. The molecule has 0 saturated carbocycles. The summed E-state index contributed by atoms with van der Waals surface area (Å²) < 4.78 is 15.4. The highest BCUT2D eigenvalue weighted by Gasteiger charge is 2.09. The summed E-state index contributed by atoms with van der Waals surface area (Å²) in [7, 11) is 1.86. The maximum absolute atomic E-state index is 13.5. The topological polar surface area (TPSA) is 54.5 Å². The lowest BCUT2D eigenvalue weighted by atomic mass is 10.1. The van der Waals surface area contributed by atoms with Gasteiger partial charge < -0.3 is 4.57 Å². The van der Waals surface area contributed by atoms with E-state index in [0.29, 0.717) is 16.9 Å². The smallest absolute Gasteiger partial charge is 0.191 e. The Morgan fingerprint density at radius 2 is 2.22 bits per heavy atom. The lowest BCUT2D eigenvalue weighted by Gasteiger charge is -2.03. The van der Waals surface area contributed by atoms with E-state index < -0.39 is 0 Å². The van der Waals surface area contributed by atoms with Crippen LogP contribution in [0.25, 0.3) is 0 Å². The molecule has 0 aliphatic rings. The van der Waals surface area contributed by atoms with Crippen molar-refractivity contribution in [2.75, 3.05) is 0 Å². The highest BCUT2D eigenvalue weighted by molar-refractivity contribution is 7.98. The molecular weight excluding hydrogens is 251 g/mol. The van der Waals surface area contributed by atoms with E-state index in [9.17, 15) is 4.39 Å². The number of nitriles is 1. The molecule has 2 rings (SSSR count). The van der Waals surface area contributed by atoms with E-state index in [4.69, 9.17) is 5.26 Å². The first-order valence-corrected chi connectivity index (χ1v) is 6.27. The van der Waals surface area contributed by atoms with Gasteiger partial charge in [-0.25, -0.2) is 4.39 Å². The molecule has 0 unspecified atom stereocenters. The van der Waals surface area contributed by atoms with Crippen LogP contribution in [0.1, 0.15) is 17.0 Å². The van der Waals surface area contributed by atoms with Crippen molar-refractivity contribution in [1.29, 1.82) is 5.26 Å². The number of aryl methyl sites for hydroxylation is 1. The third kappa shape index (κ3) is 2.51. The molecule has 0 fully saturated rings. The van der Waals surface area contributed by atoms with E-state index in [1.54, 1.807) is 6.07 Å². The fourth-order valence-corrected chi connectivity index (χ4v) is 2.34. The number of hydrogen-bond acceptors (Lipinski definition) is 4. The average Bonchev–Trinajstić information content (AvgIpc) is 2.69. The van der Waals surface area contributed by atoms with Crippen LogP contribution in [0.5, 0.6) is 0 Å². The molecule has 0 aliphatic heterocycles. The summed E-state index contributed by atoms with van der Waals surface area (Å²) in [5, 5.41) is 17.4. The first kappa shape index (κ1) is 12.6. The second-order valence-corrected chi connectivity index (χ2v) is 4.74. The monoisotopic (exact) mass is 262 g/mol. The second-order valence-electron chi connectivity index (χ2n) is 3.80. The molecule has 0 N–H and O–H groups in total. The SMILES string of the molecule is Cc1nnc(SCc2cc(C#N)ccc2F)n1C. The van der Waals surface area contributed by atoms with Crippen LogP contribution in [-0.4, -0.2) is 14.8 Å². The largest absolute Gasteiger partial charge is 0.309 e. The van der Waals surface area contributed by atoms with E-state index in [2.05, 4.69) is 10.2 Å². The molecule has 4 nitrogen and oxygen atoms in total. The highest BCUT2D eigenvalue weighted by atomic mass is 32.2. The van der Waals surface area contributed by atoms with Crippen LogP contribution in [0, 0.1) is 24.1 Å². The molecule has 1 aromatic heterocycles. The Balaban J connectivity index is 2.15. The van der Waals surface area contributed by atoms with Gasteiger partial charge in [-0.05, 0) is 30.7 Å². The van der Waals surface area contributed by atoms with Gasteiger partial charge in [0.2, 0.25) is 0 Å². The van der Waals surface area contributed by atoms with Gasteiger partial charge in [-0.15, -0.1) is 10.2 Å². The highest BCUT2D eigenvalue weighted by Crippen LogP contribution is 2.23. The van der Waals surface area contributed by atoms with E-state index in [1.807, 2.05) is 24.6 Å². The van der Waals surface area contributed by atoms with Gasteiger partial charge in [0.05, 0.1) is 11.6 Å². The minimum Gasteiger partial charge on any atom is -0.309 e. The van der Waals surface area contributed by atoms with Gasteiger partial charge in [-0.3, -0.25) is 0 Å². The molecule has 18 heavy (non-hydrogen) atoms. The van der Waals surface area contributed by atoms with Gasteiger partial charge in [0.15, 0.2) is 5.16 Å². The van der Waals surface area contributed by atoms with Gasteiger partial charge in [0, 0.05) is 12.8 Å². The van der Waals surface area contributed by atoms with E-state index >= 15 is 0 Å². The van der Waals surface area contributed by atoms with Crippen LogP contribution in [0.15, 0.2) is 23.4 Å². The Hall–Kier alpha value is -1.87. The average molecular weight is 262 g/mol. The quantitative estimate of drug-likeness (QED) is 0.797.